The fraction of sp³-hybridized carbons (Fsp3) is 0.160. The van der Waals surface area contributed by atoms with Crippen LogP contribution in [0, 0.1) is 0 Å². The van der Waals surface area contributed by atoms with Gasteiger partial charge in [0.2, 0.25) is 0 Å². The van der Waals surface area contributed by atoms with Crippen molar-refractivity contribution in [1.82, 2.24) is 10.2 Å². The normalized spacial score (nSPS) is 13.4. The molecule has 2 heterocycles. The summed E-state index contributed by atoms with van der Waals surface area (Å²) in [6, 6.07) is 23.3. The van der Waals surface area contributed by atoms with Crippen LogP contribution >= 0.6 is 0 Å². The molecule has 0 saturated carbocycles. The molecule has 1 saturated heterocycles. The fourth-order valence-electron chi connectivity index (χ4n) is 3.88. The number of benzene rings is 3. The van der Waals surface area contributed by atoms with Crippen molar-refractivity contribution in [2.45, 2.75) is 12.8 Å². The van der Waals surface area contributed by atoms with Crippen molar-refractivity contribution in [3.8, 4) is 0 Å². The Bertz CT molecular complexity index is 1220. The van der Waals surface area contributed by atoms with Gasteiger partial charge in [-0.05, 0) is 60.0 Å². The highest BCUT2D eigenvalue weighted by atomic mass is 16.1. The van der Waals surface area contributed by atoms with E-state index in [1.54, 1.807) is 0 Å². The number of fused-ring (bicyclic) bond motifs is 1. The quantitative estimate of drug-likeness (QED) is 0.473. The van der Waals surface area contributed by atoms with E-state index in [1.165, 1.54) is 12.8 Å². The Kier molecular flexibility index (Phi) is 5.19. The topological polar surface area (TPSA) is 70.2 Å². The molecule has 0 radical (unpaired) electrons. The summed E-state index contributed by atoms with van der Waals surface area (Å²) >= 11 is 0. The second-order valence-corrected chi connectivity index (χ2v) is 7.71. The summed E-state index contributed by atoms with van der Waals surface area (Å²) in [5.41, 5.74) is 3.35. The van der Waals surface area contributed by atoms with Crippen LogP contribution in [0.1, 0.15) is 23.2 Å². The summed E-state index contributed by atoms with van der Waals surface area (Å²) in [6.45, 7) is 2.13. The monoisotopic (exact) mass is 409 g/mol. The molecule has 0 aliphatic carbocycles. The van der Waals surface area contributed by atoms with E-state index in [0.717, 1.165) is 40.9 Å². The van der Waals surface area contributed by atoms with Crippen LogP contribution in [-0.2, 0) is 0 Å². The van der Waals surface area contributed by atoms with Gasteiger partial charge in [0.15, 0.2) is 5.82 Å². The number of hydrogen-bond donors (Lipinski definition) is 2. The largest absolute Gasteiger partial charge is 0.370 e. The van der Waals surface area contributed by atoms with Gasteiger partial charge in [-0.15, -0.1) is 5.10 Å². The van der Waals surface area contributed by atoms with E-state index in [-0.39, 0.29) is 5.91 Å². The lowest BCUT2D eigenvalue weighted by Crippen LogP contribution is -2.18. The minimum absolute atomic E-state index is 0.129. The minimum atomic E-state index is -0.129. The number of hydrogen-bond acceptors (Lipinski definition) is 5. The number of nitrogens with zero attached hydrogens (tertiary/aromatic N) is 3. The van der Waals surface area contributed by atoms with E-state index in [9.17, 15) is 4.79 Å². The highest BCUT2D eigenvalue weighted by Gasteiger charge is 2.13. The van der Waals surface area contributed by atoms with Crippen molar-refractivity contribution < 1.29 is 4.79 Å². The van der Waals surface area contributed by atoms with Crippen LogP contribution in [0.3, 0.4) is 0 Å². The van der Waals surface area contributed by atoms with E-state index in [4.69, 9.17) is 0 Å². The SMILES string of the molecule is O=C(Nc1ccc(Nc2cc(N3CCCC3)cnn2)cc1)c1ccc2ccccc2c1. The Morgan fingerprint density at radius 1 is 0.839 bits per heavy atom. The van der Waals surface area contributed by atoms with Crippen LogP contribution in [0.2, 0.25) is 0 Å². The van der Waals surface area contributed by atoms with Crippen molar-refractivity contribution in [2.75, 3.05) is 28.6 Å². The Hall–Kier alpha value is -3.93. The van der Waals surface area contributed by atoms with Crippen LogP contribution in [0.4, 0.5) is 22.9 Å². The molecule has 1 aromatic heterocycles. The van der Waals surface area contributed by atoms with E-state index >= 15 is 0 Å². The molecule has 0 atom stereocenters. The van der Waals surface area contributed by atoms with Gasteiger partial charge in [-0.25, -0.2) is 0 Å². The van der Waals surface area contributed by atoms with Gasteiger partial charge in [-0.3, -0.25) is 4.79 Å². The molecule has 1 fully saturated rings. The molecular weight excluding hydrogens is 386 g/mol. The number of aromatic nitrogens is 2. The van der Waals surface area contributed by atoms with Gasteiger partial charge in [0, 0.05) is 36.1 Å². The van der Waals surface area contributed by atoms with Crippen molar-refractivity contribution >= 4 is 39.6 Å². The molecule has 5 rings (SSSR count). The number of rotatable bonds is 5. The third-order valence-corrected chi connectivity index (χ3v) is 5.54. The summed E-state index contributed by atoms with van der Waals surface area (Å²) in [6.07, 6.45) is 4.25. The molecule has 0 unspecified atom stereocenters. The molecule has 4 aromatic rings. The maximum atomic E-state index is 12.6. The average Bonchev–Trinajstić information content (AvgIpc) is 3.35. The molecule has 1 aliphatic heterocycles. The van der Waals surface area contributed by atoms with Gasteiger partial charge in [-0.1, -0.05) is 30.3 Å². The Morgan fingerprint density at radius 2 is 1.58 bits per heavy atom. The van der Waals surface area contributed by atoms with Gasteiger partial charge in [0.25, 0.3) is 5.91 Å². The first-order valence-electron chi connectivity index (χ1n) is 10.5. The molecule has 154 valence electrons. The molecular formula is C25H23N5O. The van der Waals surface area contributed by atoms with Gasteiger partial charge >= 0.3 is 0 Å². The van der Waals surface area contributed by atoms with Gasteiger partial charge in [-0.2, -0.15) is 5.10 Å². The standard InChI is InChI=1S/C25H23N5O/c31-25(20-8-7-18-5-1-2-6-19(18)15-20)28-22-11-9-21(10-12-22)27-24-16-23(17-26-29-24)30-13-3-4-14-30/h1-2,5-12,15-17H,3-4,13-14H2,(H,27,29)(H,28,31). The summed E-state index contributed by atoms with van der Waals surface area (Å²) in [7, 11) is 0. The molecule has 0 bridgehead atoms. The molecule has 6 nitrogen and oxygen atoms in total. The smallest absolute Gasteiger partial charge is 0.255 e. The first-order valence-corrected chi connectivity index (χ1v) is 10.5. The van der Waals surface area contributed by atoms with Gasteiger partial charge in [0.1, 0.15) is 0 Å². The van der Waals surface area contributed by atoms with Crippen LogP contribution in [-0.4, -0.2) is 29.2 Å². The average molecular weight is 409 g/mol. The molecule has 6 heteroatoms. The zero-order valence-electron chi connectivity index (χ0n) is 17.1. The lowest BCUT2D eigenvalue weighted by Gasteiger charge is -2.17. The fourth-order valence-corrected chi connectivity index (χ4v) is 3.88. The van der Waals surface area contributed by atoms with Gasteiger partial charge < -0.3 is 15.5 Å². The van der Waals surface area contributed by atoms with Crippen molar-refractivity contribution in [1.29, 1.82) is 0 Å². The van der Waals surface area contributed by atoms with Crippen LogP contribution in [0.15, 0.2) is 79.0 Å². The van der Waals surface area contributed by atoms with Crippen molar-refractivity contribution in [3.05, 3.63) is 84.6 Å². The van der Waals surface area contributed by atoms with E-state index in [1.807, 2.05) is 79.0 Å². The predicted molar refractivity (Wildman–Crippen MR) is 125 cm³/mol. The Labute approximate surface area is 180 Å². The van der Waals surface area contributed by atoms with Crippen molar-refractivity contribution in [2.24, 2.45) is 0 Å². The second-order valence-electron chi connectivity index (χ2n) is 7.71. The predicted octanol–water partition coefficient (Wildman–Crippen LogP) is 5.23. The van der Waals surface area contributed by atoms with E-state index < -0.39 is 0 Å². The zero-order chi connectivity index (χ0) is 21.0. The molecule has 3 aromatic carbocycles. The maximum absolute atomic E-state index is 12.6. The minimum Gasteiger partial charge on any atom is -0.370 e. The summed E-state index contributed by atoms with van der Waals surface area (Å²) < 4.78 is 0. The Morgan fingerprint density at radius 3 is 2.39 bits per heavy atom. The molecule has 31 heavy (non-hydrogen) atoms. The van der Waals surface area contributed by atoms with E-state index in [2.05, 4.69) is 25.7 Å². The number of carbonyl (C=O) groups is 1. The summed E-state index contributed by atoms with van der Waals surface area (Å²) in [5.74, 6) is 0.577. The van der Waals surface area contributed by atoms with Crippen LogP contribution in [0.25, 0.3) is 10.8 Å². The summed E-state index contributed by atoms with van der Waals surface area (Å²) in [4.78, 5) is 15.0. The van der Waals surface area contributed by atoms with Crippen molar-refractivity contribution in [3.63, 3.8) is 0 Å². The van der Waals surface area contributed by atoms with Crippen LogP contribution < -0.4 is 15.5 Å². The second kappa shape index (κ2) is 8.44. The highest BCUT2D eigenvalue weighted by molar-refractivity contribution is 6.06. The Balaban J connectivity index is 1.25. The lowest BCUT2D eigenvalue weighted by atomic mass is 10.1. The first-order chi connectivity index (χ1) is 15.2. The number of carbonyl (C=O) groups excluding carboxylic acids is 1. The summed E-state index contributed by atoms with van der Waals surface area (Å²) in [5, 5.41) is 16.7. The number of amides is 1. The first kappa shape index (κ1) is 19.1. The molecule has 1 amide bonds. The highest BCUT2D eigenvalue weighted by Crippen LogP contribution is 2.24. The molecule has 2 N–H and O–H groups in total. The van der Waals surface area contributed by atoms with Gasteiger partial charge in [0.05, 0.1) is 11.9 Å². The molecule has 0 spiro atoms. The maximum Gasteiger partial charge on any atom is 0.255 e. The number of anilines is 4. The van der Waals surface area contributed by atoms with Crippen LogP contribution in [0.5, 0.6) is 0 Å². The number of nitrogens with one attached hydrogen (secondary N) is 2. The molecule has 1 aliphatic rings. The third-order valence-electron chi connectivity index (χ3n) is 5.54. The zero-order valence-corrected chi connectivity index (χ0v) is 17.1. The lowest BCUT2D eigenvalue weighted by molar-refractivity contribution is 0.102. The third kappa shape index (κ3) is 4.33. The van der Waals surface area contributed by atoms with E-state index in [0.29, 0.717) is 11.4 Å².